The van der Waals surface area contributed by atoms with E-state index in [1.807, 2.05) is 12.1 Å². The van der Waals surface area contributed by atoms with Crippen molar-refractivity contribution in [1.29, 1.82) is 0 Å². The molecule has 1 atom stereocenters. The number of anilines is 1. The zero-order valence-corrected chi connectivity index (χ0v) is 15.0. The fraction of sp³-hybridized carbons (Fsp3) is 0.650. The molecule has 2 aromatic heterocycles. The predicted octanol–water partition coefficient (Wildman–Crippen LogP) is 4.47. The molecule has 6 heteroatoms. The summed E-state index contributed by atoms with van der Waals surface area (Å²) < 4.78 is 8.15. The lowest BCUT2D eigenvalue weighted by molar-refractivity contribution is -0.131. The number of rotatable bonds is 4. The number of nitrogens with one attached hydrogen (secondary N) is 1. The van der Waals surface area contributed by atoms with Crippen LogP contribution in [0, 0.1) is 0 Å². The highest BCUT2D eigenvalue weighted by Crippen LogP contribution is 2.36. The van der Waals surface area contributed by atoms with Crippen molar-refractivity contribution in [3.05, 3.63) is 18.3 Å². The molecule has 0 radical (unpaired) electrons. The van der Waals surface area contributed by atoms with Crippen molar-refractivity contribution in [1.82, 2.24) is 14.5 Å². The van der Waals surface area contributed by atoms with Crippen LogP contribution in [-0.2, 0) is 9.53 Å². The second-order valence-corrected chi connectivity index (χ2v) is 7.88. The third-order valence-corrected chi connectivity index (χ3v) is 5.34. The first kappa shape index (κ1) is 18.8. The van der Waals surface area contributed by atoms with Crippen LogP contribution in [0.1, 0.15) is 72.3 Å². The first-order valence-corrected chi connectivity index (χ1v) is 9.32. The first-order valence-electron chi connectivity index (χ1n) is 9.32. The number of ether oxygens (including phenoxy) is 1. The molecular formula is C20H30N4O2. The van der Waals surface area contributed by atoms with E-state index < -0.39 is 0 Å². The molecule has 1 unspecified atom stereocenters. The minimum Gasteiger partial charge on any atom is -0.372 e. The molecule has 2 aliphatic rings. The molecule has 1 amide bonds. The van der Waals surface area contributed by atoms with Gasteiger partial charge >= 0.3 is 0 Å². The number of hydrogen-bond acceptors (Lipinski definition) is 4. The van der Waals surface area contributed by atoms with Crippen molar-refractivity contribution in [2.24, 2.45) is 0 Å². The van der Waals surface area contributed by atoms with Crippen molar-refractivity contribution in [2.75, 3.05) is 5.32 Å². The van der Waals surface area contributed by atoms with E-state index in [2.05, 4.69) is 33.7 Å². The van der Waals surface area contributed by atoms with Crippen LogP contribution in [0.4, 0.5) is 5.95 Å². The Morgan fingerprint density at radius 1 is 1.35 bits per heavy atom. The fourth-order valence-corrected chi connectivity index (χ4v) is 3.86. The van der Waals surface area contributed by atoms with Gasteiger partial charge in [0.05, 0.1) is 18.1 Å². The Morgan fingerprint density at radius 2 is 2.15 bits per heavy atom. The molecule has 26 heavy (non-hydrogen) atoms. The smallest absolute Gasteiger partial charge is 0.229 e. The van der Waals surface area contributed by atoms with E-state index in [-0.39, 0.29) is 25.0 Å². The molecule has 6 nitrogen and oxygen atoms in total. The summed E-state index contributed by atoms with van der Waals surface area (Å²) in [6, 6.07) is 4.21. The molecule has 142 valence electrons. The quantitative estimate of drug-likeness (QED) is 0.875. The van der Waals surface area contributed by atoms with E-state index in [0.717, 1.165) is 43.3 Å². The van der Waals surface area contributed by atoms with Gasteiger partial charge in [-0.25, -0.2) is 9.97 Å². The summed E-state index contributed by atoms with van der Waals surface area (Å²) in [5.74, 6) is 0.594. The van der Waals surface area contributed by atoms with Crippen LogP contribution in [0.5, 0.6) is 0 Å². The fourth-order valence-electron chi connectivity index (χ4n) is 3.86. The van der Waals surface area contributed by atoms with Crippen LogP contribution in [0.3, 0.4) is 0 Å². The highest BCUT2D eigenvalue weighted by atomic mass is 16.5. The molecule has 1 saturated carbocycles. The Bertz CT molecular complexity index is 779. The van der Waals surface area contributed by atoms with Crippen LogP contribution >= 0.6 is 0 Å². The number of pyridine rings is 1. The number of carbonyl (C=O) groups is 1. The van der Waals surface area contributed by atoms with Gasteiger partial charge < -0.3 is 4.74 Å². The predicted molar refractivity (Wildman–Crippen MR) is 103 cm³/mol. The Labute approximate surface area is 155 Å². The minimum atomic E-state index is -0.133. The maximum atomic E-state index is 12.6. The van der Waals surface area contributed by atoms with E-state index in [0.29, 0.717) is 18.4 Å². The number of nitrogens with zero attached hydrogens (tertiary/aromatic N) is 3. The molecule has 2 fully saturated rings. The maximum absolute atomic E-state index is 12.6. The molecule has 2 aromatic rings. The summed E-state index contributed by atoms with van der Waals surface area (Å²) in [7, 11) is 0. The van der Waals surface area contributed by atoms with Crippen molar-refractivity contribution in [3.8, 4) is 0 Å². The highest BCUT2D eigenvalue weighted by molar-refractivity contribution is 5.91. The molecule has 3 heterocycles. The zero-order valence-electron chi connectivity index (χ0n) is 15.0. The molecule has 1 saturated heterocycles. The summed E-state index contributed by atoms with van der Waals surface area (Å²) in [6.07, 6.45) is 8.70. The van der Waals surface area contributed by atoms with E-state index in [1.54, 1.807) is 6.20 Å². The van der Waals surface area contributed by atoms with Gasteiger partial charge in [0.2, 0.25) is 11.9 Å². The number of hydrogen-bond donors (Lipinski definition) is 1. The lowest BCUT2D eigenvalue weighted by Crippen LogP contribution is -2.37. The third kappa shape index (κ3) is 3.75. The Hall–Kier alpha value is -1.95. The van der Waals surface area contributed by atoms with E-state index >= 15 is 0 Å². The number of amides is 1. The van der Waals surface area contributed by atoms with Crippen molar-refractivity contribution in [3.63, 3.8) is 0 Å². The summed E-state index contributed by atoms with van der Waals surface area (Å²) in [5.41, 5.74) is 1.56. The topological polar surface area (TPSA) is 69.0 Å². The van der Waals surface area contributed by atoms with Crippen LogP contribution in [-0.4, -0.2) is 32.1 Å². The molecular weight excluding hydrogens is 328 g/mol. The first-order chi connectivity index (χ1) is 12.0. The van der Waals surface area contributed by atoms with Crippen LogP contribution in [0.25, 0.3) is 11.2 Å². The summed E-state index contributed by atoms with van der Waals surface area (Å²) in [6.45, 7) is 4.19. The van der Waals surface area contributed by atoms with E-state index in [4.69, 9.17) is 4.74 Å². The van der Waals surface area contributed by atoms with Crippen LogP contribution in [0.2, 0.25) is 0 Å². The highest BCUT2D eigenvalue weighted by Gasteiger charge is 2.31. The molecule has 1 N–H and O–H groups in total. The van der Waals surface area contributed by atoms with Crippen molar-refractivity contribution in [2.45, 2.75) is 84.0 Å². The molecule has 0 bridgehead atoms. The monoisotopic (exact) mass is 358 g/mol. The van der Waals surface area contributed by atoms with Gasteiger partial charge in [-0.15, -0.1) is 0 Å². The number of aromatic nitrogens is 3. The van der Waals surface area contributed by atoms with Crippen LogP contribution in [0.15, 0.2) is 18.3 Å². The van der Waals surface area contributed by atoms with Gasteiger partial charge in [-0.3, -0.25) is 14.7 Å². The van der Waals surface area contributed by atoms with Gasteiger partial charge in [0.25, 0.3) is 0 Å². The zero-order chi connectivity index (χ0) is 17.4. The maximum Gasteiger partial charge on any atom is 0.229 e. The van der Waals surface area contributed by atoms with Crippen molar-refractivity contribution >= 4 is 23.0 Å². The van der Waals surface area contributed by atoms with Gasteiger partial charge in [-0.2, -0.15) is 0 Å². The van der Waals surface area contributed by atoms with Crippen LogP contribution < -0.4 is 5.32 Å². The van der Waals surface area contributed by atoms with Gasteiger partial charge in [0.1, 0.15) is 5.52 Å². The summed E-state index contributed by atoms with van der Waals surface area (Å²) >= 11 is 0. The van der Waals surface area contributed by atoms with Gasteiger partial charge in [-0.05, 0) is 64.5 Å². The van der Waals surface area contributed by atoms with E-state index in [1.165, 1.54) is 6.42 Å². The number of fused-ring (bicyclic) bond motifs is 1. The average Bonchev–Trinajstić information content (AvgIpc) is 2.83. The average molecular weight is 358 g/mol. The van der Waals surface area contributed by atoms with Gasteiger partial charge in [0, 0.05) is 12.2 Å². The minimum absolute atomic E-state index is 0. The second-order valence-electron chi connectivity index (χ2n) is 7.88. The Kier molecular flexibility index (Phi) is 5.32. The number of imidazole rings is 1. The van der Waals surface area contributed by atoms with E-state index in [9.17, 15) is 4.79 Å². The normalized spacial score (nSPS) is 22.5. The SMILES string of the molecule is C.CC1(C)CCCC(CC(=O)Nc2nc3cccnc3n2C2CCC2)O1. The molecule has 4 rings (SSSR count). The lowest BCUT2D eigenvalue weighted by Gasteiger charge is -2.35. The van der Waals surface area contributed by atoms with Gasteiger partial charge in [0.15, 0.2) is 5.65 Å². The number of carbonyl (C=O) groups excluding carboxylic acids is 1. The Morgan fingerprint density at radius 3 is 2.85 bits per heavy atom. The molecule has 0 spiro atoms. The standard InChI is InChI=1S/C19H26N4O2.CH4/c1-19(2)10-4-8-14(25-19)12-16(24)22-18-21-15-9-5-11-20-17(15)23(18)13-6-3-7-13;/h5,9,11,13-14H,3-4,6-8,10,12H2,1-2H3,(H,21,22,24);1H4. The van der Waals surface area contributed by atoms with Crippen molar-refractivity contribution < 1.29 is 9.53 Å². The third-order valence-electron chi connectivity index (χ3n) is 5.34. The molecule has 0 aromatic carbocycles. The summed E-state index contributed by atoms with van der Waals surface area (Å²) in [4.78, 5) is 21.7. The van der Waals surface area contributed by atoms with Gasteiger partial charge in [-0.1, -0.05) is 7.43 Å². The molecule has 1 aliphatic heterocycles. The lowest BCUT2D eigenvalue weighted by atomic mass is 9.93. The second kappa shape index (κ2) is 7.35. The molecule has 1 aliphatic carbocycles. The largest absolute Gasteiger partial charge is 0.372 e. The Balaban J connectivity index is 0.00000196. The summed E-state index contributed by atoms with van der Waals surface area (Å²) in [5, 5.41) is 3.02.